The molecule has 0 saturated carbocycles. The van der Waals surface area contributed by atoms with Gasteiger partial charge in [0.2, 0.25) is 5.91 Å². The van der Waals surface area contributed by atoms with Gasteiger partial charge in [0.05, 0.1) is 0 Å². The van der Waals surface area contributed by atoms with E-state index in [0.717, 1.165) is 18.2 Å². The molecule has 5 nitrogen and oxygen atoms in total. The molecule has 9 heteroatoms. The van der Waals surface area contributed by atoms with Gasteiger partial charge in [-0.15, -0.1) is 0 Å². The average Bonchev–Trinajstić information content (AvgIpc) is 2.60. The van der Waals surface area contributed by atoms with E-state index in [2.05, 4.69) is 15.4 Å². The molecule has 2 rings (SSSR count). The molecule has 1 unspecified atom stereocenters. The normalized spacial score (nSPS) is 12.0. The van der Waals surface area contributed by atoms with Crippen LogP contribution in [-0.4, -0.2) is 24.5 Å². The molecule has 28 heavy (non-hydrogen) atoms. The molecular weight excluding hydrogens is 380 g/mol. The van der Waals surface area contributed by atoms with Crippen LogP contribution in [0, 0.1) is 17.6 Å². The fourth-order valence-electron chi connectivity index (χ4n) is 2.40. The molecular formula is C19H18F4N2O3. The van der Waals surface area contributed by atoms with Crippen LogP contribution in [0.5, 0.6) is 5.75 Å². The van der Waals surface area contributed by atoms with Crippen LogP contribution in [-0.2, 0) is 4.79 Å². The number of anilines is 1. The standard InChI is InChI=1S/C19H18F4N2O3/c1-10(2)16(25-17(26)15-13(20)4-3-5-14(15)21)18(27)24-11-6-8-12(9-7-11)28-19(22)23/h3-10,16,19H,1-2H3,(H,24,27)(H,25,26). The lowest BCUT2D eigenvalue weighted by molar-refractivity contribution is -0.118. The van der Waals surface area contributed by atoms with Crippen molar-refractivity contribution in [2.75, 3.05) is 5.32 Å². The quantitative estimate of drug-likeness (QED) is 0.694. The Labute approximate surface area is 158 Å². The number of rotatable bonds is 7. The zero-order valence-corrected chi connectivity index (χ0v) is 15.0. The summed E-state index contributed by atoms with van der Waals surface area (Å²) >= 11 is 0. The predicted octanol–water partition coefficient (Wildman–Crippen LogP) is 3.96. The second-order valence-corrected chi connectivity index (χ2v) is 6.18. The summed E-state index contributed by atoms with van der Waals surface area (Å²) in [5.74, 6) is -4.28. The van der Waals surface area contributed by atoms with Crippen LogP contribution < -0.4 is 15.4 Å². The zero-order valence-electron chi connectivity index (χ0n) is 15.0. The first-order chi connectivity index (χ1) is 13.2. The fraction of sp³-hybridized carbons (Fsp3) is 0.263. The highest BCUT2D eigenvalue weighted by atomic mass is 19.3. The van der Waals surface area contributed by atoms with Crippen molar-refractivity contribution in [3.05, 3.63) is 59.7 Å². The number of hydrogen-bond acceptors (Lipinski definition) is 3. The van der Waals surface area contributed by atoms with Crippen molar-refractivity contribution in [1.82, 2.24) is 5.32 Å². The topological polar surface area (TPSA) is 67.4 Å². The predicted molar refractivity (Wildman–Crippen MR) is 94.2 cm³/mol. The maximum Gasteiger partial charge on any atom is 0.387 e. The molecule has 0 heterocycles. The Hall–Kier alpha value is -3.10. The number of amides is 2. The van der Waals surface area contributed by atoms with Gasteiger partial charge in [-0.25, -0.2) is 8.78 Å². The maximum atomic E-state index is 13.8. The molecule has 1 atom stereocenters. The fourth-order valence-corrected chi connectivity index (χ4v) is 2.40. The number of alkyl halides is 2. The Balaban J connectivity index is 2.11. The van der Waals surface area contributed by atoms with Crippen molar-refractivity contribution in [1.29, 1.82) is 0 Å². The van der Waals surface area contributed by atoms with Gasteiger partial charge in [0, 0.05) is 5.69 Å². The summed E-state index contributed by atoms with van der Waals surface area (Å²) in [6.07, 6.45) is 0. The molecule has 0 aromatic heterocycles. The van der Waals surface area contributed by atoms with Crippen LogP contribution in [0.2, 0.25) is 0 Å². The van der Waals surface area contributed by atoms with Crippen LogP contribution in [0.4, 0.5) is 23.2 Å². The number of ether oxygens (including phenoxy) is 1. The molecule has 0 radical (unpaired) electrons. The number of hydrogen-bond donors (Lipinski definition) is 2. The SMILES string of the molecule is CC(C)C(NC(=O)c1c(F)cccc1F)C(=O)Nc1ccc(OC(F)F)cc1. The number of carbonyl (C=O) groups excluding carboxylic acids is 2. The largest absolute Gasteiger partial charge is 0.435 e. The van der Waals surface area contributed by atoms with Gasteiger partial charge in [0.25, 0.3) is 5.91 Å². The van der Waals surface area contributed by atoms with E-state index in [-0.39, 0.29) is 11.4 Å². The van der Waals surface area contributed by atoms with Gasteiger partial charge in [-0.3, -0.25) is 9.59 Å². The monoisotopic (exact) mass is 398 g/mol. The van der Waals surface area contributed by atoms with E-state index < -0.39 is 47.6 Å². The Bertz CT molecular complexity index is 821. The number of halogens is 4. The van der Waals surface area contributed by atoms with Crippen LogP contribution in [0.15, 0.2) is 42.5 Å². The Kier molecular flexibility index (Phi) is 6.97. The molecule has 150 valence electrons. The van der Waals surface area contributed by atoms with E-state index in [9.17, 15) is 27.2 Å². The van der Waals surface area contributed by atoms with Crippen LogP contribution in [0.1, 0.15) is 24.2 Å². The van der Waals surface area contributed by atoms with Crippen molar-refractivity contribution in [2.24, 2.45) is 5.92 Å². The molecule has 0 aliphatic rings. The molecule has 0 aliphatic heterocycles. The number of carbonyl (C=O) groups is 2. The smallest absolute Gasteiger partial charge is 0.387 e. The minimum absolute atomic E-state index is 0.0864. The summed E-state index contributed by atoms with van der Waals surface area (Å²) in [6.45, 7) is 0.309. The summed E-state index contributed by atoms with van der Waals surface area (Å²) in [4.78, 5) is 24.7. The van der Waals surface area contributed by atoms with E-state index in [4.69, 9.17) is 0 Å². The summed E-state index contributed by atoms with van der Waals surface area (Å²) in [5, 5.41) is 4.82. The molecule has 0 saturated heterocycles. The molecule has 0 spiro atoms. The zero-order chi connectivity index (χ0) is 20.8. The van der Waals surface area contributed by atoms with Gasteiger partial charge in [-0.2, -0.15) is 8.78 Å². The van der Waals surface area contributed by atoms with E-state index in [1.54, 1.807) is 13.8 Å². The van der Waals surface area contributed by atoms with E-state index in [1.807, 2.05) is 0 Å². The van der Waals surface area contributed by atoms with Crippen LogP contribution >= 0.6 is 0 Å². The summed E-state index contributed by atoms with van der Waals surface area (Å²) in [5.41, 5.74) is -0.516. The summed E-state index contributed by atoms with van der Waals surface area (Å²) < 4.78 is 56.1. The van der Waals surface area contributed by atoms with Gasteiger partial charge in [-0.1, -0.05) is 19.9 Å². The molecule has 0 bridgehead atoms. The first kappa shape index (κ1) is 21.2. The van der Waals surface area contributed by atoms with Gasteiger partial charge in [0.1, 0.15) is 29.0 Å². The molecule has 2 aromatic rings. The van der Waals surface area contributed by atoms with Crippen molar-refractivity contribution in [2.45, 2.75) is 26.5 Å². The third-order valence-electron chi connectivity index (χ3n) is 3.77. The summed E-state index contributed by atoms with van der Waals surface area (Å²) in [7, 11) is 0. The number of nitrogens with one attached hydrogen (secondary N) is 2. The Morgan fingerprint density at radius 3 is 2.04 bits per heavy atom. The first-order valence-corrected chi connectivity index (χ1v) is 8.29. The average molecular weight is 398 g/mol. The first-order valence-electron chi connectivity index (χ1n) is 8.29. The van der Waals surface area contributed by atoms with Gasteiger partial charge in [-0.05, 0) is 42.3 Å². The lowest BCUT2D eigenvalue weighted by atomic mass is 10.0. The van der Waals surface area contributed by atoms with E-state index in [0.29, 0.717) is 0 Å². The molecule has 2 amide bonds. The highest BCUT2D eigenvalue weighted by Gasteiger charge is 2.27. The summed E-state index contributed by atoms with van der Waals surface area (Å²) in [6, 6.07) is 7.05. The van der Waals surface area contributed by atoms with E-state index in [1.165, 1.54) is 24.3 Å². The maximum absolute atomic E-state index is 13.8. The minimum Gasteiger partial charge on any atom is -0.435 e. The van der Waals surface area contributed by atoms with Crippen LogP contribution in [0.25, 0.3) is 0 Å². The van der Waals surface area contributed by atoms with Crippen LogP contribution in [0.3, 0.4) is 0 Å². The second-order valence-electron chi connectivity index (χ2n) is 6.18. The Morgan fingerprint density at radius 1 is 0.964 bits per heavy atom. The third kappa shape index (κ3) is 5.45. The molecule has 0 fully saturated rings. The lowest BCUT2D eigenvalue weighted by Gasteiger charge is -2.22. The number of benzene rings is 2. The van der Waals surface area contributed by atoms with Gasteiger partial charge < -0.3 is 15.4 Å². The van der Waals surface area contributed by atoms with E-state index >= 15 is 0 Å². The van der Waals surface area contributed by atoms with Crippen molar-refractivity contribution in [3.63, 3.8) is 0 Å². The molecule has 0 aliphatic carbocycles. The van der Waals surface area contributed by atoms with Crippen molar-refractivity contribution in [3.8, 4) is 5.75 Å². The molecule has 2 N–H and O–H groups in total. The second kappa shape index (κ2) is 9.20. The lowest BCUT2D eigenvalue weighted by Crippen LogP contribution is -2.47. The highest BCUT2D eigenvalue weighted by Crippen LogP contribution is 2.19. The van der Waals surface area contributed by atoms with Gasteiger partial charge in [0.15, 0.2) is 0 Å². The highest BCUT2D eigenvalue weighted by molar-refractivity contribution is 6.01. The van der Waals surface area contributed by atoms with Crippen molar-refractivity contribution >= 4 is 17.5 Å². The Morgan fingerprint density at radius 2 is 1.54 bits per heavy atom. The molecule has 2 aromatic carbocycles. The van der Waals surface area contributed by atoms with Gasteiger partial charge >= 0.3 is 6.61 Å². The van der Waals surface area contributed by atoms with Crippen molar-refractivity contribution < 1.29 is 31.9 Å². The minimum atomic E-state index is -2.97. The third-order valence-corrected chi connectivity index (χ3v) is 3.77.